The number of aliphatic hydroxyl groups excluding tert-OH is 4. The number of aliphatic hydroxyl groups is 4. The third-order valence-electron chi connectivity index (χ3n) is 10.8. The quantitative estimate of drug-likeness (QED) is 0.168. The monoisotopic (exact) mass is 604 g/mol. The summed E-state index contributed by atoms with van der Waals surface area (Å²) in [4.78, 5) is 0. The van der Waals surface area contributed by atoms with Crippen LogP contribution in [0.5, 0.6) is 0 Å². The van der Waals surface area contributed by atoms with E-state index in [1.54, 1.807) is 0 Å². The minimum atomic E-state index is -0.606. The molecule has 244 valence electrons. The number of hydrogen-bond acceptors (Lipinski definition) is 4. The molecule has 0 spiro atoms. The fourth-order valence-corrected chi connectivity index (χ4v) is 6.46. The average Bonchev–Trinajstić information content (AvgIpc) is 3.29. The Balaban J connectivity index is 1.87. The first kappa shape index (κ1) is 37.7. The summed E-state index contributed by atoms with van der Waals surface area (Å²) in [6.45, 7) is 20.6. The summed E-state index contributed by atoms with van der Waals surface area (Å²) in [6, 6.07) is 0. The highest BCUT2D eigenvalue weighted by molar-refractivity contribution is 5.32. The standard InChI is InChI=1S/C40H60O4/c1-29(17-13-19-31(3)21-23-35(43)39(9)26-25-34(42)38(39,7)8)15-11-12-16-30(2)18-14-20-32(4)22-24-36(44)40(10)28-33(41)27-37(40,5)6/h11-24,33-36,41-44H,25-28H2,1-10H3/b12-11+,17-13+,18-14+,23-21+,24-22+,29-15+,30-16+,31-19+,32-20+/t33-,34-,35-,36-,39-,40-/m0/s1. The van der Waals surface area contributed by atoms with Crippen molar-refractivity contribution < 1.29 is 20.4 Å². The van der Waals surface area contributed by atoms with Gasteiger partial charge in [-0.15, -0.1) is 0 Å². The second kappa shape index (κ2) is 15.7. The lowest BCUT2D eigenvalue weighted by molar-refractivity contribution is -0.0464. The third kappa shape index (κ3) is 9.50. The van der Waals surface area contributed by atoms with Crippen molar-refractivity contribution in [2.24, 2.45) is 21.7 Å². The van der Waals surface area contributed by atoms with Gasteiger partial charge in [-0.05, 0) is 64.2 Å². The van der Waals surface area contributed by atoms with E-state index < -0.39 is 12.2 Å². The van der Waals surface area contributed by atoms with Crippen LogP contribution in [-0.4, -0.2) is 44.8 Å². The van der Waals surface area contributed by atoms with Crippen molar-refractivity contribution >= 4 is 0 Å². The first-order chi connectivity index (χ1) is 20.4. The highest BCUT2D eigenvalue weighted by Crippen LogP contribution is 2.55. The summed E-state index contributed by atoms with van der Waals surface area (Å²) < 4.78 is 0. The fraction of sp³-hybridized carbons (Fsp3) is 0.550. The van der Waals surface area contributed by atoms with Crippen molar-refractivity contribution in [2.75, 3.05) is 0 Å². The van der Waals surface area contributed by atoms with Crippen molar-refractivity contribution in [3.8, 4) is 0 Å². The smallest absolute Gasteiger partial charge is 0.0783 e. The molecule has 0 aromatic rings. The van der Waals surface area contributed by atoms with E-state index in [0.29, 0.717) is 12.8 Å². The van der Waals surface area contributed by atoms with E-state index in [0.717, 1.165) is 35.1 Å². The lowest BCUT2D eigenvalue weighted by Crippen LogP contribution is -2.44. The normalized spacial score (nSPS) is 32.0. The molecule has 4 heteroatoms. The average molecular weight is 605 g/mol. The van der Waals surface area contributed by atoms with Gasteiger partial charge in [0.1, 0.15) is 0 Å². The molecule has 0 aromatic carbocycles. The molecular weight excluding hydrogens is 544 g/mol. The molecule has 44 heavy (non-hydrogen) atoms. The largest absolute Gasteiger partial charge is 0.393 e. The van der Waals surface area contributed by atoms with Crippen LogP contribution in [0.15, 0.2) is 107 Å². The van der Waals surface area contributed by atoms with Gasteiger partial charge in [0.05, 0.1) is 24.4 Å². The molecule has 6 atom stereocenters. The lowest BCUT2D eigenvalue weighted by atomic mass is 9.65. The van der Waals surface area contributed by atoms with Crippen LogP contribution in [0, 0.1) is 21.7 Å². The van der Waals surface area contributed by atoms with E-state index in [2.05, 4.69) is 65.8 Å². The predicted molar refractivity (Wildman–Crippen MR) is 187 cm³/mol. The zero-order valence-corrected chi connectivity index (χ0v) is 29.0. The van der Waals surface area contributed by atoms with Crippen LogP contribution < -0.4 is 0 Å². The Morgan fingerprint density at radius 3 is 1.39 bits per heavy atom. The third-order valence-corrected chi connectivity index (χ3v) is 10.8. The zero-order valence-electron chi connectivity index (χ0n) is 29.0. The molecule has 0 aliphatic heterocycles. The molecule has 2 saturated carbocycles. The van der Waals surface area contributed by atoms with Gasteiger partial charge in [0.25, 0.3) is 0 Å². The van der Waals surface area contributed by atoms with Gasteiger partial charge in [-0.1, -0.05) is 149 Å². The Bertz CT molecular complexity index is 1180. The predicted octanol–water partition coefficient (Wildman–Crippen LogP) is 8.65. The highest BCUT2D eigenvalue weighted by Gasteiger charge is 2.54. The molecule has 4 nitrogen and oxygen atoms in total. The zero-order chi connectivity index (χ0) is 33.3. The van der Waals surface area contributed by atoms with Crippen molar-refractivity contribution in [3.05, 3.63) is 107 Å². The first-order valence-corrected chi connectivity index (χ1v) is 16.2. The van der Waals surface area contributed by atoms with Crippen LogP contribution >= 0.6 is 0 Å². The molecule has 4 N–H and O–H groups in total. The number of hydrogen-bond donors (Lipinski definition) is 4. The Labute approximate surface area is 268 Å². The van der Waals surface area contributed by atoms with Crippen LogP contribution in [0.3, 0.4) is 0 Å². The molecule has 2 aliphatic rings. The maximum Gasteiger partial charge on any atom is 0.0783 e. The molecule has 0 saturated heterocycles. The summed E-state index contributed by atoms with van der Waals surface area (Å²) in [7, 11) is 0. The van der Waals surface area contributed by atoms with E-state index in [4.69, 9.17) is 0 Å². The van der Waals surface area contributed by atoms with Gasteiger partial charge in [-0.2, -0.15) is 0 Å². The molecular formula is C40H60O4. The molecule has 0 aromatic heterocycles. The number of rotatable bonds is 12. The molecule has 0 radical (unpaired) electrons. The van der Waals surface area contributed by atoms with Crippen molar-refractivity contribution in [1.29, 1.82) is 0 Å². The van der Waals surface area contributed by atoms with Gasteiger partial charge < -0.3 is 20.4 Å². The summed E-state index contributed by atoms with van der Waals surface area (Å²) in [6.07, 6.45) is 28.9. The Morgan fingerprint density at radius 2 is 1.00 bits per heavy atom. The summed E-state index contributed by atoms with van der Waals surface area (Å²) in [5.74, 6) is 0. The molecule has 0 amide bonds. The Kier molecular flexibility index (Phi) is 13.4. The topological polar surface area (TPSA) is 80.9 Å². The van der Waals surface area contributed by atoms with Gasteiger partial charge in [0.15, 0.2) is 0 Å². The first-order valence-electron chi connectivity index (χ1n) is 16.2. The molecule has 0 bridgehead atoms. The van der Waals surface area contributed by atoms with Crippen LogP contribution in [0.25, 0.3) is 0 Å². The van der Waals surface area contributed by atoms with E-state index in [-0.39, 0.29) is 33.9 Å². The highest BCUT2D eigenvalue weighted by atomic mass is 16.3. The minimum Gasteiger partial charge on any atom is -0.393 e. The van der Waals surface area contributed by atoms with E-state index in [1.165, 1.54) is 0 Å². The Hall–Kier alpha value is -2.50. The Morgan fingerprint density at radius 1 is 0.591 bits per heavy atom. The second-order valence-corrected chi connectivity index (χ2v) is 14.9. The summed E-state index contributed by atoms with van der Waals surface area (Å²) in [5, 5.41) is 42.2. The lowest BCUT2D eigenvalue weighted by Gasteiger charge is -2.42. The molecule has 0 heterocycles. The molecule has 0 unspecified atom stereocenters. The van der Waals surface area contributed by atoms with Gasteiger partial charge in [0.2, 0.25) is 0 Å². The summed E-state index contributed by atoms with van der Waals surface area (Å²) in [5.41, 5.74) is 3.22. The fourth-order valence-electron chi connectivity index (χ4n) is 6.46. The van der Waals surface area contributed by atoms with Gasteiger partial charge in [-0.25, -0.2) is 0 Å². The maximum absolute atomic E-state index is 10.9. The molecule has 2 fully saturated rings. The van der Waals surface area contributed by atoms with Crippen LogP contribution in [0.2, 0.25) is 0 Å². The maximum atomic E-state index is 10.9. The molecule has 2 rings (SSSR count). The van der Waals surface area contributed by atoms with Crippen molar-refractivity contribution in [1.82, 2.24) is 0 Å². The van der Waals surface area contributed by atoms with Gasteiger partial charge in [0, 0.05) is 10.8 Å². The van der Waals surface area contributed by atoms with Crippen LogP contribution in [0.4, 0.5) is 0 Å². The second-order valence-electron chi connectivity index (χ2n) is 14.9. The minimum absolute atomic E-state index is 0.121. The number of allylic oxidation sites excluding steroid dienone is 16. The van der Waals surface area contributed by atoms with Crippen LogP contribution in [-0.2, 0) is 0 Å². The van der Waals surface area contributed by atoms with Crippen LogP contribution in [0.1, 0.15) is 94.9 Å². The van der Waals surface area contributed by atoms with E-state index in [9.17, 15) is 20.4 Å². The SMILES string of the molecule is CC(/C=C/C=C(C)/C=C/[C@H](O)[C@]1(C)C[C@@H](O)CC1(C)C)=C\C=C\C=C(C)\C=C\C=C(C)\C=C\[C@H](O)[C@]1(C)CC[C@H](O)C1(C)C. The van der Waals surface area contributed by atoms with Gasteiger partial charge >= 0.3 is 0 Å². The van der Waals surface area contributed by atoms with E-state index >= 15 is 0 Å². The van der Waals surface area contributed by atoms with Crippen molar-refractivity contribution in [3.63, 3.8) is 0 Å². The van der Waals surface area contributed by atoms with Gasteiger partial charge in [-0.3, -0.25) is 0 Å². The van der Waals surface area contributed by atoms with E-state index in [1.807, 2.05) is 88.5 Å². The van der Waals surface area contributed by atoms with Crippen molar-refractivity contribution in [2.45, 2.75) is 119 Å². The summed E-state index contributed by atoms with van der Waals surface area (Å²) >= 11 is 0. The molecule has 2 aliphatic carbocycles.